The number of hydrogen-bond donors (Lipinski definition) is 5. The van der Waals surface area contributed by atoms with Crippen LogP contribution in [0.25, 0.3) is 0 Å². The third kappa shape index (κ3) is 5.79. The molecular weight excluding hydrogens is 348 g/mol. The molecule has 0 aliphatic rings. The molecule has 0 unspecified atom stereocenters. The van der Waals surface area contributed by atoms with Crippen LogP contribution < -0.4 is 16.0 Å². The van der Waals surface area contributed by atoms with Crippen LogP contribution in [-0.2, 0) is 4.79 Å². The molecule has 0 radical (unpaired) electrons. The van der Waals surface area contributed by atoms with E-state index in [-0.39, 0.29) is 24.9 Å². The smallest absolute Gasteiger partial charge is 0.227 e. The Bertz CT molecular complexity index is 732. The number of amidine groups is 1. The van der Waals surface area contributed by atoms with Gasteiger partial charge in [-0.3, -0.25) is 10.2 Å². The van der Waals surface area contributed by atoms with Crippen molar-refractivity contribution in [2.24, 2.45) is 5.73 Å². The Balaban J connectivity index is 1.83. The molecular formula is C19H24N4O2S. The fourth-order valence-electron chi connectivity index (χ4n) is 2.51. The molecule has 26 heavy (non-hydrogen) atoms. The van der Waals surface area contributed by atoms with E-state index in [0.29, 0.717) is 24.9 Å². The van der Waals surface area contributed by atoms with Gasteiger partial charge in [-0.15, -0.1) is 12.6 Å². The molecule has 2 aromatic rings. The molecule has 0 saturated carbocycles. The first-order chi connectivity index (χ1) is 12.5. The van der Waals surface area contributed by atoms with Crippen LogP contribution in [0.4, 0.5) is 11.4 Å². The van der Waals surface area contributed by atoms with E-state index in [1.54, 1.807) is 17.0 Å². The normalized spacial score (nSPS) is 10.4. The molecule has 0 bridgehead atoms. The van der Waals surface area contributed by atoms with E-state index in [2.05, 4.69) is 17.9 Å². The summed E-state index contributed by atoms with van der Waals surface area (Å²) in [5.41, 5.74) is 7.78. The van der Waals surface area contributed by atoms with E-state index in [1.165, 1.54) is 0 Å². The van der Waals surface area contributed by atoms with Crippen molar-refractivity contribution < 1.29 is 9.90 Å². The van der Waals surface area contributed by atoms with E-state index in [1.807, 2.05) is 36.4 Å². The average Bonchev–Trinajstić information content (AvgIpc) is 2.64. The van der Waals surface area contributed by atoms with E-state index >= 15 is 0 Å². The Morgan fingerprint density at radius 3 is 2.38 bits per heavy atom. The summed E-state index contributed by atoms with van der Waals surface area (Å²) in [5.74, 6) is 0.0109. The number of amides is 1. The van der Waals surface area contributed by atoms with Crippen molar-refractivity contribution in [3.8, 4) is 0 Å². The fourth-order valence-corrected chi connectivity index (χ4v) is 2.65. The van der Waals surface area contributed by atoms with Gasteiger partial charge in [-0.1, -0.05) is 0 Å². The highest BCUT2D eigenvalue weighted by atomic mass is 32.1. The van der Waals surface area contributed by atoms with Crippen molar-refractivity contribution in [3.63, 3.8) is 0 Å². The summed E-state index contributed by atoms with van der Waals surface area (Å²) in [4.78, 5) is 14.9. The molecule has 0 saturated heterocycles. The second-order valence-corrected chi connectivity index (χ2v) is 6.32. The summed E-state index contributed by atoms with van der Waals surface area (Å²) in [6.45, 7) is 0.827. The number of carbonyl (C=O) groups is 1. The van der Waals surface area contributed by atoms with Crippen molar-refractivity contribution in [2.45, 2.75) is 17.7 Å². The summed E-state index contributed by atoms with van der Waals surface area (Å²) in [5, 5.41) is 19.9. The maximum atomic E-state index is 12.5. The monoisotopic (exact) mass is 372 g/mol. The largest absolute Gasteiger partial charge is 0.395 e. The zero-order valence-corrected chi connectivity index (χ0v) is 15.4. The summed E-state index contributed by atoms with van der Waals surface area (Å²) < 4.78 is 0. The predicted molar refractivity (Wildman–Crippen MR) is 108 cm³/mol. The third-order valence-electron chi connectivity index (χ3n) is 3.88. The zero-order valence-electron chi connectivity index (χ0n) is 14.5. The zero-order chi connectivity index (χ0) is 18.9. The Kier molecular flexibility index (Phi) is 7.50. The van der Waals surface area contributed by atoms with Gasteiger partial charge in [-0.25, -0.2) is 0 Å². The number of nitrogens with zero attached hydrogens (tertiary/aromatic N) is 1. The number of aliphatic hydroxyl groups is 1. The van der Waals surface area contributed by atoms with Gasteiger partial charge in [0.25, 0.3) is 0 Å². The molecule has 0 fully saturated rings. The van der Waals surface area contributed by atoms with Gasteiger partial charge in [-0.05, 0) is 55.0 Å². The molecule has 2 aromatic carbocycles. The molecule has 1 amide bonds. The minimum Gasteiger partial charge on any atom is -0.395 e. The lowest BCUT2D eigenvalue weighted by atomic mass is 10.2. The summed E-state index contributed by atoms with van der Waals surface area (Å²) in [7, 11) is 0. The molecule has 7 heteroatoms. The first-order valence-electron chi connectivity index (χ1n) is 8.40. The van der Waals surface area contributed by atoms with Crippen LogP contribution in [0.1, 0.15) is 18.4 Å². The third-order valence-corrected chi connectivity index (χ3v) is 4.18. The summed E-state index contributed by atoms with van der Waals surface area (Å²) in [6.07, 6.45) is 1.04. The van der Waals surface area contributed by atoms with Gasteiger partial charge < -0.3 is 21.1 Å². The molecule has 0 atom stereocenters. The van der Waals surface area contributed by atoms with Crippen LogP contribution in [0.3, 0.4) is 0 Å². The van der Waals surface area contributed by atoms with Crippen molar-refractivity contribution in [1.82, 2.24) is 0 Å². The van der Waals surface area contributed by atoms with Crippen LogP contribution in [0.5, 0.6) is 0 Å². The van der Waals surface area contributed by atoms with Crippen LogP contribution >= 0.6 is 12.6 Å². The molecule has 0 aromatic heterocycles. The number of nitrogen functional groups attached to an aromatic ring is 1. The van der Waals surface area contributed by atoms with Gasteiger partial charge in [0, 0.05) is 41.3 Å². The average molecular weight is 372 g/mol. The van der Waals surface area contributed by atoms with E-state index in [0.717, 1.165) is 16.3 Å². The van der Waals surface area contributed by atoms with Gasteiger partial charge in [0.1, 0.15) is 5.84 Å². The highest BCUT2D eigenvalue weighted by Crippen LogP contribution is 2.18. The number of benzene rings is 2. The molecule has 2 rings (SSSR count). The Morgan fingerprint density at radius 1 is 1.15 bits per heavy atom. The minimum atomic E-state index is -0.0882. The molecule has 0 heterocycles. The quantitative estimate of drug-likeness (QED) is 0.202. The Labute approximate surface area is 158 Å². The second-order valence-electron chi connectivity index (χ2n) is 5.81. The minimum absolute atomic E-state index is 0.0281. The highest BCUT2D eigenvalue weighted by Gasteiger charge is 2.14. The second kappa shape index (κ2) is 9.84. The molecule has 0 aliphatic carbocycles. The first kappa shape index (κ1) is 19.8. The number of nitrogens with two attached hydrogens (primary N) is 1. The van der Waals surface area contributed by atoms with Crippen LogP contribution in [-0.4, -0.2) is 36.5 Å². The number of aliphatic hydroxyl groups excluding tert-OH is 1. The Morgan fingerprint density at radius 2 is 1.81 bits per heavy atom. The Hall–Kier alpha value is -2.51. The molecule has 5 N–H and O–H groups in total. The van der Waals surface area contributed by atoms with Gasteiger partial charge in [0.15, 0.2) is 0 Å². The maximum absolute atomic E-state index is 12.5. The van der Waals surface area contributed by atoms with Crippen LogP contribution in [0, 0.1) is 5.41 Å². The number of nitrogens with one attached hydrogen (secondary N) is 2. The molecule has 0 aliphatic heterocycles. The van der Waals surface area contributed by atoms with E-state index in [4.69, 9.17) is 11.1 Å². The fraction of sp³-hybridized carbons (Fsp3) is 0.263. The van der Waals surface area contributed by atoms with E-state index in [9.17, 15) is 9.90 Å². The summed E-state index contributed by atoms with van der Waals surface area (Å²) >= 11 is 4.25. The van der Waals surface area contributed by atoms with Crippen molar-refractivity contribution in [3.05, 3.63) is 54.1 Å². The number of thiol groups is 1. The van der Waals surface area contributed by atoms with Gasteiger partial charge in [-0.2, -0.15) is 0 Å². The lowest BCUT2D eigenvalue weighted by molar-refractivity contribution is -0.118. The maximum Gasteiger partial charge on any atom is 0.227 e. The molecule has 138 valence electrons. The van der Waals surface area contributed by atoms with Gasteiger partial charge in [0.2, 0.25) is 5.91 Å². The van der Waals surface area contributed by atoms with Gasteiger partial charge in [0.05, 0.1) is 6.61 Å². The van der Waals surface area contributed by atoms with Crippen molar-refractivity contribution in [2.75, 3.05) is 29.9 Å². The number of anilines is 2. The first-order valence-corrected chi connectivity index (χ1v) is 8.84. The molecule has 0 spiro atoms. The lowest BCUT2D eigenvalue weighted by Gasteiger charge is -2.22. The van der Waals surface area contributed by atoms with Crippen LogP contribution in [0.15, 0.2) is 53.4 Å². The SMILES string of the molecule is N=C(N)c1ccc(NCCCC(=O)N(CCO)c2ccc(S)cc2)cc1. The van der Waals surface area contributed by atoms with E-state index < -0.39 is 0 Å². The number of rotatable bonds is 9. The predicted octanol–water partition coefficient (Wildman–Crippen LogP) is 2.48. The summed E-state index contributed by atoms with van der Waals surface area (Å²) in [6, 6.07) is 14.6. The van der Waals surface area contributed by atoms with Crippen LogP contribution in [0.2, 0.25) is 0 Å². The topological polar surface area (TPSA) is 102 Å². The molecule has 6 nitrogen and oxygen atoms in total. The lowest BCUT2D eigenvalue weighted by Crippen LogP contribution is -2.33. The highest BCUT2D eigenvalue weighted by molar-refractivity contribution is 7.80. The number of carbonyl (C=O) groups excluding carboxylic acids is 1. The van der Waals surface area contributed by atoms with Gasteiger partial charge >= 0.3 is 0 Å². The number of hydrogen-bond acceptors (Lipinski definition) is 5. The van der Waals surface area contributed by atoms with Crippen molar-refractivity contribution >= 4 is 35.7 Å². The van der Waals surface area contributed by atoms with Crippen molar-refractivity contribution in [1.29, 1.82) is 5.41 Å². The standard InChI is InChI=1S/C19H24N4O2S/c20-19(21)14-3-5-15(6-4-14)22-11-1-2-18(25)23(12-13-24)16-7-9-17(26)10-8-16/h3-10,22,24,26H,1-2,11-13H2,(H3,20,21).